The van der Waals surface area contributed by atoms with E-state index in [0.29, 0.717) is 11.2 Å². The fourth-order valence-electron chi connectivity index (χ4n) is 1.53. The van der Waals surface area contributed by atoms with E-state index in [1.807, 2.05) is 0 Å². The van der Waals surface area contributed by atoms with Crippen LogP contribution in [0.1, 0.15) is 0 Å². The molecule has 12 heteroatoms. The lowest BCUT2D eigenvalue weighted by Gasteiger charge is -2.13. The molecule has 0 saturated carbocycles. The van der Waals surface area contributed by atoms with Crippen LogP contribution in [0.15, 0.2) is 6.33 Å². The number of aromatic nitrogens is 4. The van der Waals surface area contributed by atoms with E-state index >= 15 is 0 Å². The van der Waals surface area contributed by atoms with Gasteiger partial charge in [-0.15, -0.1) is 4.73 Å². The van der Waals surface area contributed by atoms with E-state index in [1.165, 1.54) is 32.4 Å². The molecule has 11 nitrogen and oxygen atoms in total. The molecule has 122 valence electrons. The molecule has 2 heterocycles. The summed E-state index contributed by atoms with van der Waals surface area (Å²) in [4.78, 5) is 17.3. The molecule has 0 aliphatic heterocycles. The van der Waals surface area contributed by atoms with Crippen LogP contribution >= 0.6 is 7.60 Å². The van der Waals surface area contributed by atoms with E-state index in [0.717, 1.165) is 0 Å². The number of fused-ring (bicyclic) bond motifs is 1. The quantitative estimate of drug-likeness (QED) is 0.407. The van der Waals surface area contributed by atoms with Crippen molar-refractivity contribution in [2.75, 3.05) is 40.2 Å². The number of anilines is 1. The zero-order valence-corrected chi connectivity index (χ0v) is 13.1. The molecule has 0 radical (unpaired) electrons. The Hall–Kier alpha value is -1.94. The summed E-state index contributed by atoms with van der Waals surface area (Å²) in [6.07, 6.45) is 1.10. The molecule has 0 unspecified atom stereocenters. The fourth-order valence-corrected chi connectivity index (χ4v) is 2.19. The van der Waals surface area contributed by atoms with Crippen LogP contribution in [-0.4, -0.2) is 54.2 Å². The van der Waals surface area contributed by atoms with Crippen molar-refractivity contribution >= 4 is 24.7 Å². The van der Waals surface area contributed by atoms with Crippen LogP contribution in [0.25, 0.3) is 11.2 Å². The van der Waals surface area contributed by atoms with Gasteiger partial charge in [-0.05, 0) is 0 Å². The predicted octanol–water partition coefficient (Wildman–Crippen LogP) is 0.263. The maximum Gasteiger partial charge on any atom is 0.355 e. The van der Waals surface area contributed by atoms with Crippen molar-refractivity contribution in [3.63, 3.8) is 0 Å². The minimum Gasteiger partial charge on any atom is -0.479 e. The maximum atomic E-state index is 11.8. The third-order valence-electron chi connectivity index (χ3n) is 2.63. The van der Waals surface area contributed by atoms with Gasteiger partial charge in [0, 0.05) is 14.2 Å². The number of rotatable bonds is 8. The van der Waals surface area contributed by atoms with E-state index in [1.54, 1.807) is 0 Å². The summed E-state index contributed by atoms with van der Waals surface area (Å²) in [6, 6.07) is 0. The van der Waals surface area contributed by atoms with Crippen LogP contribution in [0.4, 0.5) is 5.95 Å². The van der Waals surface area contributed by atoms with Gasteiger partial charge in [0.05, 0.1) is 7.11 Å². The van der Waals surface area contributed by atoms with Crippen molar-refractivity contribution in [2.24, 2.45) is 0 Å². The lowest BCUT2D eigenvalue weighted by atomic mass is 10.5. The summed E-state index contributed by atoms with van der Waals surface area (Å²) in [6.45, 7) is -0.228. The van der Waals surface area contributed by atoms with Crippen molar-refractivity contribution in [3.05, 3.63) is 6.33 Å². The third kappa shape index (κ3) is 3.45. The van der Waals surface area contributed by atoms with E-state index in [-0.39, 0.29) is 25.0 Å². The molecule has 2 N–H and O–H groups in total. The smallest absolute Gasteiger partial charge is 0.355 e. The number of hydrogen-bond acceptors (Lipinski definition) is 10. The first kappa shape index (κ1) is 16.4. The monoisotopic (exact) mass is 333 g/mol. The van der Waals surface area contributed by atoms with Gasteiger partial charge in [0.15, 0.2) is 11.9 Å². The predicted molar refractivity (Wildman–Crippen MR) is 75.3 cm³/mol. The Kier molecular flexibility index (Phi) is 5.14. The minimum atomic E-state index is -3.25. The second kappa shape index (κ2) is 6.88. The van der Waals surface area contributed by atoms with Crippen molar-refractivity contribution < 1.29 is 27.9 Å². The van der Waals surface area contributed by atoms with Crippen molar-refractivity contribution in [3.8, 4) is 5.88 Å². The molecule has 0 aromatic carbocycles. The SMILES string of the molecule is COc1nc(N)nc2c1ncn2OCOCP(=O)(OC)OC. The highest BCUT2D eigenvalue weighted by Crippen LogP contribution is 2.45. The van der Waals surface area contributed by atoms with E-state index in [4.69, 9.17) is 29.1 Å². The Morgan fingerprint density at radius 1 is 1.27 bits per heavy atom. The summed E-state index contributed by atoms with van der Waals surface area (Å²) < 4.78 is 32.6. The van der Waals surface area contributed by atoms with Crippen LogP contribution in [-0.2, 0) is 18.3 Å². The van der Waals surface area contributed by atoms with Gasteiger partial charge in [0.2, 0.25) is 24.3 Å². The van der Waals surface area contributed by atoms with Gasteiger partial charge in [-0.2, -0.15) is 9.97 Å². The highest BCUT2D eigenvalue weighted by molar-refractivity contribution is 7.53. The lowest BCUT2D eigenvalue weighted by Crippen LogP contribution is -2.16. The molecule has 0 atom stereocenters. The molecule has 0 aliphatic rings. The molecular formula is C10H16N5O6P. The molecule has 2 aromatic heterocycles. The number of ether oxygens (including phenoxy) is 2. The number of hydrogen-bond donors (Lipinski definition) is 1. The largest absolute Gasteiger partial charge is 0.479 e. The Morgan fingerprint density at radius 3 is 2.64 bits per heavy atom. The molecule has 0 fully saturated rings. The molecule has 2 rings (SSSR count). The number of imidazole rings is 1. The average Bonchev–Trinajstić information content (AvgIpc) is 2.93. The lowest BCUT2D eigenvalue weighted by molar-refractivity contribution is -0.0461. The van der Waals surface area contributed by atoms with E-state index < -0.39 is 7.60 Å². The molecule has 2 aromatic rings. The first-order valence-corrected chi connectivity index (χ1v) is 7.72. The summed E-state index contributed by atoms with van der Waals surface area (Å²) in [5, 5.41) is 0. The molecule has 0 saturated heterocycles. The second-order valence-electron chi connectivity index (χ2n) is 3.89. The van der Waals surface area contributed by atoms with Gasteiger partial charge in [0.1, 0.15) is 6.33 Å². The van der Waals surface area contributed by atoms with Crippen LogP contribution < -0.4 is 15.3 Å². The molecule has 0 aliphatic carbocycles. The summed E-state index contributed by atoms with van der Waals surface area (Å²) in [5.74, 6) is 0.243. The fraction of sp³-hybridized carbons (Fsp3) is 0.500. The number of methoxy groups -OCH3 is 1. The van der Waals surface area contributed by atoms with Gasteiger partial charge >= 0.3 is 7.60 Å². The zero-order valence-electron chi connectivity index (χ0n) is 12.3. The van der Waals surface area contributed by atoms with Crippen LogP contribution in [0.5, 0.6) is 5.88 Å². The van der Waals surface area contributed by atoms with Gasteiger partial charge in [-0.1, -0.05) is 0 Å². The van der Waals surface area contributed by atoms with E-state index in [2.05, 4.69) is 15.0 Å². The van der Waals surface area contributed by atoms with Gasteiger partial charge in [-0.25, -0.2) is 4.98 Å². The highest BCUT2D eigenvalue weighted by Gasteiger charge is 2.21. The van der Waals surface area contributed by atoms with Gasteiger partial charge in [0.25, 0.3) is 0 Å². The van der Waals surface area contributed by atoms with Gasteiger partial charge in [-0.3, -0.25) is 4.57 Å². The Balaban J connectivity index is 2.04. The maximum absolute atomic E-state index is 11.8. The summed E-state index contributed by atoms with van der Waals surface area (Å²) in [5.41, 5.74) is 6.28. The number of nitrogens with zero attached hydrogens (tertiary/aromatic N) is 4. The first-order valence-electron chi connectivity index (χ1n) is 5.99. The van der Waals surface area contributed by atoms with Crippen LogP contribution in [0.2, 0.25) is 0 Å². The summed E-state index contributed by atoms with van der Waals surface area (Å²) in [7, 11) is 0.728. The molecule has 0 spiro atoms. The molecule has 0 bridgehead atoms. The number of nitrogen functional groups attached to an aromatic ring is 1. The molecule has 22 heavy (non-hydrogen) atoms. The Labute approximate surface area is 125 Å². The second-order valence-corrected chi connectivity index (χ2v) is 6.10. The van der Waals surface area contributed by atoms with E-state index in [9.17, 15) is 4.57 Å². The molecular weight excluding hydrogens is 317 g/mol. The third-order valence-corrected chi connectivity index (χ3v) is 4.24. The summed E-state index contributed by atoms with van der Waals surface area (Å²) >= 11 is 0. The first-order chi connectivity index (χ1) is 10.5. The van der Waals surface area contributed by atoms with Gasteiger partial charge < -0.3 is 29.1 Å². The van der Waals surface area contributed by atoms with Crippen LogP contribution in [0, 0.1) is 0 Å². The van der Waals surface area contributed by atoms with Crippen molar-refractivity contribution in [1.82, 2.24) is 19.7 Å². The normalized spacial score (nSPS) is 11.8. The Bertz CT molecular complexity index is 684. The van der Waals surface area contributed by atoms with Crippen LogP contribution in [0.3, 0.4) is 0 Å². The minimum absolute atomic E-state index is 0.0129. The number of nitrogens with two attached hydrogens (primary N) is 1. The topological polar surface area (TPSA) is 133 Å². The average molecular weight is 333 g/mol. The molecule has 0 amide bonds. The zero-order chi connectivity index (χ0) is 16.2. The standard InChI is InChI=1S/C10H16N5O6P/c1-17-9-7-8(13-10(11)14-9)15(4-12-7)21-5-20-6-22(16,18-2)19-3/h4H,5-6H2,1-3H3,(H2,11,13,14). The van der Waals surface area contributed by atoms with Crippen molar-refractivity contribution in [1.29, 1.82) is 0 Å². The Morgan fingerprint density at radius 2 is 2.00 bits per heavy atom. The highest BCUT2D eigenvalue weighted by atomic mass is 31.2. The van der Waals surface area contributed by atoms with Crippen molar-refractivity contribution in [2.45, 2.75) is 0 Å².